The van der Waals surface area contributed by atoms with Crippen LogP contribution in [0.2, 0.25) is 0 Å². The molecule has 0 spiro atoms. The smallest absolute Gasteiger partial charge is 0.333 e. The van der Waals surface area contributed by atoms with Gasteiger partial charge in [0.05, 0.1) is 6.61 Å². The predicted octanol–water partition coefficient (Wildman–Crippen LogP) is 2.01. The SMILES string of the molecule is CCC(=O)CC/C=C1/CCCOC1=O. The Hall–Kier alpha value is -1.12. The predicted molar refractivity (Wildman–Crippen MR) is 52.8 cm³/mol. The molecule has 1 aliphatic heterocycles. The summed E-state index contributed by atoms with van der Waals surface area (Å²) in [7, 11) is 0. The second kappa shape index (κ2) is 5.58. The van der Waals surface area contributed by atoms with E-state index >= 15 is 0 Å². The van der Waals surface area contributed by atoms with Crippen molar-refractivity contribution in [3.05, 3.63) is 11.6 Å². The van der Waals surface area contributed by atoms with Gasteiger partial charge in [-0.05, 0) is 19.3 Å². The van der Waals surface area contributed by atoms with Crippen molar-refractivity contribution in [1.82, 2.24) is 0 Å². The lowest BCUT2D eigenvalue weighted by molar-refractivity contribution is -0.141. The minimum Gasteiger partial charge on any atom is -0.462 e. The van der Waals surface area contributed by atoms with Gasteiger partial charge in [-0.1, -0.05) is 13.0 Å². The second-order valence-corrected chi connectivity index (χ2v) is 3.40. The largest absolute Gasteiger partial charge is 0.462 e. The zero-order valence-corrected chi connectivity index (χ0v) is 8.54. The first-order chi connectivity index (χ1) is 6.74. The van der Waals surface area contributed by atoms with Crippen molar-refractivity contribution in [3.63, 3.8) is 0 Å². The summed E-state index contributed by atoms with van der Waals surface area (Å²) in [6, 6.07) is 0. The molecule has 14 heavy (non-hydrogen) atoms. The van der Waals surface area contributed by atoms with Crippen LogP contribution in [0.1, 0.15) is 39.0 Å². The number of allylic oxidation sites excluding steroid dienone is 1. The van der Waals surface area contributed by atoms with Crippen molar-refractivity contribution in [3.8, 4) is 0 Å². The third-order valence-corrected chi connectivity index (χ3v) is 2.29. The van der Waals surface area contributed by atoms with Crippen molar-refractivity contribution in [2.45, 2.75) is 39.0 Å². The Labute approximate surface area is 84.1 Å². The van der Waals surface area contributed by atoms with Gasteiger partial charge in [0.2, 0.25) is 0 Å². The Bertz CT molecular complexity index is 253. The molecule has 0 atom stereocenters. The quantitative estimate of drug-likeness (QED) is 0.510. The molecule has 0 amide bonds. The number of cyclic esters (lactones) is 1. The summed E-state index contributed by atoms with van der Waals surface area (Å²) in [6.45, 7) is 2.38. The molecule has 0 radical (unpaired) electrons. The third kappa shape index (κ3) is 3.32. The Morgan fingerprint density at radius 3 is 3.00 bits per heavy atom. The number of carbonyl (C=O) groups excluding carboxylic acids is 2. The second-order valence-electron chi connectivity index (χ2n) is 3.40. The fourth-order valence-electron chi connectivity index (χ4n) is 1.39. The minimum atomic E-state index is -0.208. The molecule has 1 aliphatic rings. The number of ether oxygens (including phenoxy) is 1. The van der Waals surface area contributed by atoms with Crippen LogP contribution >= 0.6 is 0 Å². The molecular weight excluding hydrogens is 180 g/mol. The zero-order valence-electron chi connectivity index (χ0n) is 8.54. The summed E-state index contributed by atoms with van der Waals surface area (Å²) < 4.78 is 4.88. The third-order valence-electron chi connectivity index (χ3n) is 2.29. The van der Waals surface area contributed by atoms with Gasteiger partial charge in [0, 0.05) is 18.4 Å². The summed E-state index contributed by atoms with van der Waals surface area (Å²) >= 11 is 0. The summed E-state index contributed by atoms with van der Waals surface area (Å²) in [4.78, 5) is 22.2. The summed E-state index contributed by atoms with van der Waals surface area (Å²) in [5, 5.41) is 0. The highest BCUT2D eigenvalue weighted by Gasteiger charge is 2.15. The Kier molecular flexibility index (Phi) is 4.36. The number of esters is 1. The maximum Gasteiger partial charge on any atom is 0.333 e. The summed E-state index contributed by atoms with van der Waals surface area (Å²) in [6.07, 6.45) is 5.31. The number of hydrogen-bond donors (Lipinski definition) is 0. The molecule has 0 aromatic rings. The van der Waals surface area contributed by atoms with E-state index in [0.29, 0.717) is 25.9 Å². The highest BCUT2D eigenvalue weighted by molar-refractivity contribution is 5.89. The fourth-order valence-corrected chi connectivity index (χ4v) is 1.39. The fraction of sp³-hybridized carbons (Fsp3) is 0.636. The van der Waals surface area contributed by atoms with Gasteiger partial charge in [-0.15, -0.1) is 0 Å². The van der Waals surface area contributed by atoms with Gasteiger partial charge in [0.25, 0.3) is 0 Å². The van der Waals surface area contributed by atoms with Crippen LogP contribution in [0.3, 0.4) is 0 Å². The Balaban J connectivity index is 2.35. The topological polar surface area (TPSA) is 43.4 Å². The van der Waals surface area contributed by atoms with Crippen LogP contribution in [-0.2, 0) is 14.3 Å². The molecule has 0 unspecified atom stereocenters. The van der Waals surface area contributed by atoms with Crippen molar-refractivity contribution < 1.29 is 14.3 Å². The van der Waals surface area contributed by atoms with Crippen LogP contribution < -0.4 is 0 Å². The molecular formula is C11H16O3. The number of rotatable bonds is 4. The molecule has 0 N–H and O–H groups in total. The molecule has 1 saturated heterocycles. The molecule has 78 valence electrons. The van der Waals surface area contributed by atoms with E-state index in [4.69, 9.17) is 4.74 Å². The molecule has 0 aromatic carbocycles. The van der Waals surface area contributed by atoms with Gasteiger partial charge < -0.3 is 4.74 Å². The van der Waals surface area contributed by atoms with Gasteiger partial charge in [0.1, 0.15) is 5.78 Å². The van der Waals surface area contributed by atoms with E-state index in [1.54, 1.807) is 0 Å². The molecule has 0 bridgehead atoms. The number of hydrogen-bond acceptors (Lipinski definition) is 3. The molecule has 3 heteroatoms. The van der Waals surface area contributed by atoms with Crippen molar-refractivity contribution in [1.29, 1.82) is 0 Å². The molecule has 1 rings (SSSR count). The van der Waals surface area contributed by atoms with Crippen LogP contribution in [0.4, 0.5) is 0 Å². The lowest BCUT2D eigenvalue weighted by Crippen LogP contribution is -2.15. The zero-order chi connectivity index (χ0) is 10.4. The van der Waals surface area contributed by atoms with Crippen LogP contribution in [0.15, 0.2) is 11.6 Å². The average molecular weight is 196 g/mol. The van der Waals surface area contributed by atoms with E-state index in [-0.39, 0.29) is 11.8 Å². The molecule has 0 aliphatic carbocycles. The summed E-state index contributed by atoms with van der Waals surface area (Å²) in [5.41, 5.74) is 0.736. The van der Waals surface area contributed by atoms with Crippen LogP contribution in [0.25, 0.3) is 0 Å². The van der Waals surface area contributed by atoms with Gasteiger partial charge >= 0.3 is 5.97 Å². The van der Waals surface area contributed by atoms with Crippen molar-refractivity contribution in [2.24, 2.45) is 0 Å². The molecule has 3 nitrogen and oxygen atoms in total. The van der Waals surface area contributed by atoms with E-state index < -0.39 is 0 Å². The molecule has 1 fully saturated rings. The Morgan fingerprint density at radius 1 is 1.57 bits per heavy atom. The standard InChI is InChI=1S/C11H16O3/c1-2-10(12)7-3-5-9-6-4-8-14-11(9)13/h5H,2-4,6-8H2,1H3/b9-5-. The van der Waals surface area contributed by atoms with Crippen molar-refractivity contribution in [2.75, 3.05) is 6.61 Å². The summed E-state index contributed by atoms with van der Waals surface area (Å²) in [5.74, 6) is 0.0335. The number of Topliss-reactive ketones (excluding diaryl/α,β-unsaturated/α-hetero) is 1. The van der Waals surface area contributed by atoms with E-state index in [0.717, 1.165) is 18.4 Å². The van der Waals surface area contributed by atoms with Gasteiger partial charge in [-0.25, -0.2) is 4.79 Å². The molecule has 0 saturated carbocycles. The Morgan fingerprint density at radius 2 is 2.36 bits per heavy atom. The molecule has 0 aromatic heterocycles. The first kappa shape index (κ1) is 11.0. The lowest BCUT2D eigenvalue weighted by atomic mass is 10.1. The highest BCUT2D eigenvalue weighted by Crippen LogP contribution is 2.15. The molecule has 1 heterocycles. The number of ketones is 1. The number of carbonyl (C=O) groups is 2. The van der Waals surface area contributed by atoms with Gasteiger partial charge in [-0.2, -0.15) is 0 Å². The lowest BCUT2D eigenvalue weighted by Gasteiger charge is -2.13. The van der Waals surface area contributed by atoms with E-state index in [1.165, 1.54) is 0 Å². The van der Waals surface area contributed by atoms with E-state index in [2.05, 4.69) is 0 Å². The maximum absolute atomic E-state index is 11.2. The highest BCUT2D eigenvalue weighted by atomic mass is 16.5. The minimum absolute atomic E-state index is 0.208. The average Bonchev–Trinajstić information content (AvgIpc) is 2.20. The van der Waals surface area contributed by atoms with E-state index in [9.17, 15) is 9.59 Å². The first-order valence-electron chi connectivity index (χ1n) is 5.12. The van der Waals surface area contributed by atoms with E-state index in [1.807, 2.05) is 13.0 Å². The van der Waals surface area contributed by atoms with Crippen LogP contribution in [0.5, 0.6) is 0 Å². The monoisotopic (exact) mass is 196 g/mol. The van der Waals surface area contributed by atoms with Gasteiger partial charge in [-0.3, -0.25) is 4.79 Å². The normalized spacial score (nSPS) is 19.5. The van der Waals surface area contributed by atoms with Crippen LogP contribution in [0, 0.1) is 0 Å². The van der Waals surface area contributed by atoms with Crippen molar-refractivity contribution >= 4 is 11.8 Å². The van der Waals surface area contributed by atoms with Gasteiger partial charge in [0.15, 0.2) is 0 Å². The maximum atomic E-state index is 11.2. The van der Waals surface area contributed by atoms with Crippen LogP contribution in [-0.4, -0.2) is 18.4 Å². The first-order valence-corrected chi connectivity index (χ1v) is 5.12.